The number of alkyl halides is 2. The van der Waals surface area contributed by atoms with E-state index < -0.39 is 22.5 Å². The summed E-state index contributed by atoms with van der Waals surface area (Å²) in [6, 6.07) is 10.5. The molecule has 3 rings (SSSR count). The first-order valence-electron chi connectivity index (χ1n) is 9.70. The van der Waals surface area contributed by atoms with Crippen LogP contribution in [0.3, 0.4) is 0 Å². The predicted octanol–water partition coefficient (Wildman–Crippen LogP) is 3.70. The van der Waals surface area contributed by atoms with Crippen LogP contribution in [0.5, 0.6) is 5.75 Å². The van der Waals surface area contributed by atoms with E-state index in [1.807, 2.05) is 0 Å². The SMILES string of the molecule is Cc1ccc(S(=O)(=O)N2CCCCC2)cc1C(=O)NCc1ccc(OC(F)F)cc1. The second-order valence-electron chi connectivity index (χ2n) is 7.15. The number of hydrogen-bond donors (Lipinski definition) is 1. The number of halogens is 2. The number of carbonyl (C=O) groups excluding carboxylic acids is 1. The van der Waals surface area contributed by atoms with Gasteiger partial charge in [0.2, 0.25) is 10.0 Å². The summed E-state index contributed by atoms with van der Waals surface area (Å²) in [6.45, 7) is -0.0163. The number of nitrogens with zero attached hydrogens (tertiary/aromatic N) is 1. The van der Waals surface area contributed by atoms with Crippen molar-refractivity contribution in [3.05, 3.63) is 59.2 Å². The molecular weight excluding hydrogens is 414 g/mol. The molecule has 30 heavy (non-hydrogen) atoms. The van der Waals surface area contributed by atoms with Gasteiger partial charge in [0.25, 0.3) is 5.91 Å². The smallest absolute Gasteiger partial charge is 0.387 e. The highest BCUT2D eigenvalue weighted by Gasteiger charge is 2.27. The van der Waals surface area contributed by atoms with Gasteiger partial charge in [-0.2, -0.15) is 13.1 Å². The molecule has 1 aliphatic heterocycles. The predicted molar refractivity (Wildman–Crippen MR) is 108 cm³/mol. The Labute approximate surface area is 174 Å². The fourth-order valence-corrected chi connectivity index (χ4v) is 4.87. The van der Waals surface area contributed by atoms with Crippen LogP contribution in [-0.2, 0) is 16.6 Å². The number of nitrogens with one attached hydrogen (secondary N) is 1. The maximum atomic E-state index is 12.9. The lowest BCUT2D eigenvalue weighted by Crippen LogP contribution is -2.35. The summed E-state index contributed by atoms with van der Waals surface area (Å²) in [5, 5.41) is 2.74. The van der Waals surface area contributed by atoms with Gasteiger partial charge in [0, 0.05) is 25.2 Å². The van der Waals surface area contributed by atoms with Crippen LogP contribution >= 0.6 is 0 Å². The Morgan fingerprint density at radius 3 is 2.40 bits per heavy atom. The van der Waals surface area contributed by atoms with Crippen LogP contribution in [0.1, 0.15) is 40.7 Å². The van der Waals surface area contributed by atoms with Crippen LogP contribution in [-0.4, -0.2) is 38.3 Å². The van der Waals surface area contributed by atoms with E-state index in [0.717, 1.165) is 19.3 Å². The topological polar surface area (TPSA) is 75.7 Å². The molecule has 0 aromatic heterocycles. The van der Waals surface area contributed by atoms with Crippen molar-refractivity contribution in [2.45, 2.75) is 44.2 Å². The third kappa shape index (κ3) is 5.34. The van der Waals surface area contributed by atoms with E-state index in [4.69, 9.17) is 0 Å². The number of sulfonamides is 1. The summed E-state index contributed by atoms with van der Waals surface area (Å²) < 4.78 is 56.0. The molecule has 1 amide bonds. The molecule has 6 nitrogen and oxygen atoms in total. The van der Waals surface area contributed by atoms with Crippen molar-refractivity contribution in [1.29, 1.82) is 0 Å². The number of aryl methyl sites for hydroxylation is 1. The van der Waals surface area contributed by atoms with E-state index in [9.17, 15) is 22.0 Å². The minimum atomic E-state index is -3.64. The maximum Gasteiger partial charge on any atom is 0.387 e. The van der Waals surface area contributed by atoms with Crippen LogP contribution in [0.4, 0.5) is 8.78 Å². The molecule has 0 aliphatic carbocycles. The Bertz CT molecular complexity index is 989. The third-order valence-corrected chi connectivity index (χ3v) is 6.90. The molecular formula is C21H24F2N2O4S. The Balaban J connectivity index is 1.70. The van der Waals surface area contributed by atoms with Crippen LogP contribution in [0.2, 0.25) is 0 Å². The second kappa shape index (κ2) is 9.53. The van der Waals surface area contributed by atoms with E-state index >= 15 is 0 Å². The molecule has 0 atom stereocenters. The molecule has 0 saturated carbocycles. The Kier molecular flexibility index (Phi) is 7.04. The fourth-order valence-electron chi connectivity index (χ4n) is 3.33. The maximum absolute atomic E-state index is 12.9. The zero-order chi connectivity index (χ0) is 21.7. The second-order valence-corrected chi connectivity index (χ2v) is 9.08. The van der Waals surface area contributed by atoms with Crippen molar-refractivity contribution in [1.82, 2.24) is 9.62 Å². The van der Waals surface area contributed by atoms with Crippen LogP contribution in [0, 0.1) is 6.92 Å². The summed E-state index contributed by atoms with van der Waals surface area (Å²) >= 11 is 0. The molecule has 1 aliphatic rings. The lowest BCUT2D eigenvalue weighted by atomic mass is 10.1. The zero-order valence-electron chi connectivity index (χ0n) is 16.6. The fraction of sp³-hybridized carbons (Fsp3) is 0.381. The molecule has 1 heterocycles. The molecule has 9 heteroatoms. The number of benzene rings is 2. The molecule has 0 spiro atoms. The summed E-state index contributed by atoms with van der Waals surface area (Å²) in [5.74, 6) is -0.373. The van der Waals surface area contributed by atoms with Gasteiger partial charge in [0.1, 0.15) is 5.75 Å². The van der Waals surface area contributed by atoms with Crippen molar-refractivity contribution in [2.75, 3.05) is 13.1 Å². The molecule has 162 valence electrons. The van der Waals surface area contributed by atoms with E-state index in [-0.39, 0.29) is 22.8 Å². The summed E-state index contributed by atoms with van der Waals surface area (Å²) in [5.41, 5.74) is 1.64. The Morgan fingerprint density at radius 2 is 1.77 bits per heavy atom. The lowest BCUT2D eigenvalue weighted by Gasteiger charge is -2.26. The molecule has 1 saturated heterocycles. The van der Waals surface area contributed by atoms with Gasteiger partial charge in [-0.15, -0.1) is 0 Å². The van der Waals surface area contributed by atoms with Gasteiger partial charge in [-0.25, -0.2) is 8.42 Å². The third-order valence-electron chi connectivity index (χ3n) is 5.01. The van der Waals surface area contributed by atoms with Gasteiger partial charge in [0.05, 0.1) is 4.90 Å². The normalized spacial score (nSPS) is 15.2. The zero-order valence-corrected chi connectivity index (χ0v) is 17.4. The summed E-state index contributed by atoms with van der Waals surface area (Å²) in [4.78, 5) is 12.8. The molecule has 0 radical (unpaired) electrons. The van der Waals surface area contributed by atoms with Gasteiger partial charge < -0.3 is 10.1 Å². The number of ether oxygens (including phenoxy) is 1. The van der Waals surface area contributed by atoms with Crippen molar-refractivity contribution in [3.63, 3.8) is 0 Å². The molecule has 1 fully saturated rings. The highest BCUT2D eigenvalue weighted by molar-refractivity contribution is 7.89. The summed E-state index contributed by atoms with van der Waals surface area (Å²) in [6.07, 6.45) is 2.68. The van der Waals surface area contributed by atoms with Crippen LogP contribution in [0.25, 0.3) is 0 Å². The highest BCUT2D eigenvalue weighted by Crippen LogP contribution is 2.23. The van der Waals surface area contributed by atoms with Gasteiger partial charge in [-0.1, -0.05) is 24.6 Å². The first kappa shape index (κ1) is 22.2. The highest BCUT2D eigenvalue weighted by atomic mass is 32.2. The van der Waals surface area contributed by atoms with E-state index in [1.165, 1.54) is 28.6 Å². The standard InChI is InChI=1S/C21H24F2N2O4S/c1-15-5-10-18(30(27,28)25-11-3-2-4-12-25)13-19(15)20(26)24-14-16-6-8-17(9-7-16)29-21(22)23/h5-10,13,21H,2-4,11-12,14H2,1H3,(H,24,26). The van der Waals surface area contributed by atoms with Gasteiger partial charge >= 0.3 is 6.61 Å². The number of rotatable bonds is 7. The van der Waals surface area contributed by atoms with Crippen LogP contribution in [0.15, 0.2) is 47.4 Å². The monoisotopic (exact) mass is 438 g/mol. The molecule has 0 unspecified atom stereocenters. The minimum absolute atomic E-state index is 0.0338. The Morgan fingerprint density at radius 1 is 1.10 bits per heavy atom. The van der Waals surface area contributed by atoms with Crippen LogP contribution < -0.4 is 10.1 Å². The quantitative estimate of drug-likeness (QED) is 0.715. The van der Waals surface area contributed by atoms with Gasteiger partial charge in [-0.05, 0) is 55.2 Å². The van der Waals surface area contributed by atoms with Gasteiger partial charge in [-0.3, -0.25) is 4.79 Å². The Hall–Kier alpha value is -2.52. The minimum Gasteiger partial charge on any atom is -0.435 e. The molecule has 2 aromatic rings. The first-order chi connectivity index (χ1) is 14.3. The van der Waals surface area contributed by atoms with Gasteiger partial charge in [0.15, 0.2) is 0 Å². The van der Waals surface area contributed by atoms with E-state index in [2.05, 4.69) is 10.1 Å². The van der Waals surface area contributed by atoms with Crippen molar-refractivity contribution < 1.29 is 26.7 Å². The molecule has 2 aromatic carbocycles. The number of amides is 1. The number of carbonyl (C=O) groups is 1. The average Bonchev–Trinajstić information content (AvgIpc) is 2.73. The number of piperidine rings is 1. The first-order valence-corrected chi connectivity index (χ1v) is 11.1. The number of hydrogen-bond acceptors (Lipinski definition) is 4. The molecule has 0 bridgehead atoms. The summed E-state index contributed by atoms with van der Waals surface area (Å²) in [7, 11) is -3.64. The van der Waals surface area contributed by atoms with Crippen molar-refractivity contribution in [2.24, 2.45) is 0 Å². The van der Waals surface area contributed by atoms with E-state index in [0.29, 0.717) is 24.2 Å². The average molecular weight is 438 g/mol. The molecule has 1 N–H and O–H groups in total. The lowest BCUT2D eigenvalue weighted by molar-refractivity contribution is -0.0498. The largest absolute Gasteiger partial charge is 0.435 e. The van der Waals surface area contributed by atoms with Crippen molar-refractivity contribution >= 4 is 15.9 Å². The van der Waals surface area contributed by atoms with E-state index in [1.54, 1.807) is 25.1 Å². The van der Waals surface area contributed by atoms with Crippen molar-refractivity contribution in [3.8, 4) is 5.75 Å².